The van der Waals surface area contributed by atoms with Gasteiger partial charge in [0, 0.05) is 32.4 Å². The second kappa shape index (κ2) is 9.71. The Balaban J connectivity index is 1.42. The summed E-state index contributed by atoms with van der Waals surface area (Å²) in [5, 5.41) is 3.79. The van der Waals surface area contributed by atoms with Crippen molar-refractivity contribution in [1.29, 1.82) is 0 Å². The molecule has 4 rings (SSSR count). The monoisotopic (exact) mass is 495 g/mol. The average Bonchev–Trinajstić information content (AvgIpc) is 3.15. The van der Waals surface area contributed by atoms with Gasteiger partial charge in [-0.1, -0.05) is 0 Å². The van der Waals surface area contributed by atoms with Crippen molar-refractivity contribution in [3.8, 4) is 5.88 Å². The van der Waals surface area contributed by atoms with Gasteiger partial charge in [-0.05, 0) is 37.5 Å². The molecule has 8 nitrogen and oxygen atoms in total. The first-order valence-corrected chi connectivity index (χ1v) is 11.4. The maximum atomic E-state index is 13.0. The Kier molecular flexibility index (Phi) is 6.89. The van der Waals surface area contributed by atoms with Crippen LogP contribution in [0.25, 0.3) is 10.2 Å². The van der Waals surface area contributed by atoms with Crippen LogP contribution in [0.3, 0.4) is 0 Å². The Morgan fingerprint density at radius 3 is 2.56 bits per heavy atom. The molecule has 0 unspecified atom stereocenters. The molecule has 4 heterocycles. The van der Waals surface area contributed by atoms with Gasteiger partial charge in [0.25, 0.3) is 5.91 Å². The molecule has 0 atom stereocenters. The van der Waals surface area contributed by atoms with Gasteiger partial charge in [0.1, 0.15) is 17.3 Å². The number of amides is 1. The Morgan fingerprint density at radius 1 is 1.24 bits per heavy atom. The van der Waals surface area contributed by atoms with E-state index >= 15 is 0 Å². The van der Waals surface area contributed by atoms with Crippen LogP contribution in [0.2, 0.25) is 0 Å². The number of thiophene rings is 1. The maximum absolute atomic E-state index is 13.0. The number of carbonyl (C=O) groups is 1. The molecule has 0 spiro atoms. The topological polar surface area (TPSA) is 89.5 Å². The fourth-order valence-electron chi connectivity index (χ4n) is 3.95. The summed E-state index contributed by atoms with van der Waals surface area (Å²) in [7, 11) is 3.08. The van der Waals surface area contributed by atoms with E-state index in [-0.39, 0.29) is 18.6 Å². The Bertz CT molecular complexity index is 1180. The number of halogens is 3. The minimum Gasteiger partial charge on any atom is -0.480 e. The number of alkyl halides is 3. The highest BCUT2D eigenvalue weighted by molar-refractivity contribution is 7.20. The van der Waals surface area contributed by atoms with Crippen LogP contribution in [0, 0.1) is 6.92 Å². The van der Waals surface area contributed by atoms with Gasteiger partial charge in [-0.15, -0.1) is 11.3 Å². The summed E-state index contributed by atoms with van der Waals surface area (Å²) in [6, 6.07) is 2.37. The maximum Gasteiger partial charge on any atom is 0.417 e. The predicted molar refractivity (Wildman–Crippen MR) is 121 cm³/mol. The van der Waals surface area contributed by atoms with E-state index in [1.54, 1.807) is 7.11 Å². The summed E-state index contributed by atoms with van der Waals surface area (Å²) in [5.41, 5.74) is -0.0162. The molecule has 0 saturated carbocycles. The highest BCUT2D eigenvalue weighted by Crippen LogP contribution is 2.35. The van der Waals surface area contributed by atoms with Crippen LogP contribution in [0.1, 0.15) is 39.5 Å². The molecule has 0 bridgehead atoms. The van der Waals surface area contributed by atoms with Gasteiger partial charge in [-0.25, -0.2) is 9.97 Å². The Morgan fingerprint density at radius 2 is 1.97 bits per heavy atom. The van der Waals surface area contributed by atoms with E-state index in [4.69, 9.17) is 9.47 Å². The molecular weight excluding hydrogens is 471 g/mol. The van der Waals surface area contributed by atoms with Gasteiger partial charge >= 0.3 is 6.18 Å². The fourth-order valence-corrected chi connectivity index (χ4v) is 5.04. The van der Waals surface area contributed by atoms with E-state index in [1.807, 2.05) is 11.8 Å². The minimum atomic E-state index is -4.41. The zero-order chi connectivity index (χ0) is 24.5. The smallest absolute Gasteiger partial charge is 0.417 e. The average molecular weight is 496 g/mol. The summed E-state index contributed by atoms with van der Waals surface area (Å²) in [6.07, 6.45) is -2.25. The van der Waals surface area contributed by atoms with E-state index in [0.29, 0.717) is 58.5 Å². The molecule has 1 fully saturated rings. The molecule has 3 aromatic heterocycles. The van der Waals surface area contributed by atoms with Crippen LogP contribution >= 0.6 is 11.3 Å². The minimum absolute atomic E-state index is 0.0557. The van der Waals surface area contributed by atoms with E-state index in [9.17, 15) is 18.0 Å². The number of hydrogen-bond donors (Lipinski definition) is 1. The molecule has 1 amide bonds. The normalized spacial score (nSPS) is 15.1. The number of rotatable bonds is 6. The predicted octanol–water partition coefficient (Wildman–Crippen LogP) is 3.97. The standard InChI is InChI=1S/C22H24F3N5O3S/c1-12-17-20(33-3)28-15(11-32-2)29-21(17)34-18(12)19(31)27-14-6-8-30(9-7-14)16-5-4-13(10-26-16)22(23,24)25/h4-5,10,14H,6-9,11H2,1-3H3,(H,27,31). The van der Waals surface area contributed by atoms with Gasteiger partial charge in [0.15, 0.2) is 5.82 Å². The second-order valence-corrected chi connectivity index (χ2v) is 8.96. The van der Waals surface area contributed by atoms with Gasteiger partial charge in [-0.3, -0.25) is 4.79 Å². The molecule has 0 radical (unpaired) electrons. The first-order chi connectivity index (χ1) is 16.2. The van der Waals surface area contributed by atoms with Crippen LogP contribution in [-0.2, 0) is 17.5 Å². The van der Waals surface area contributed by atoms with Gasteiger partial charge < -0.3 is 19.7 Å². The first-order valence-electron chi connectivity index (χ1n) is 10.6. The molecular formula is C22H24F3N5O3S. The van der Waals surface area contributed by atoms with E-state index in [1.165, 1.54) is 24.5 Å². The number of aromatic nitrogens is 3. The lowest BCUT2D eigenvalue weighted by atomic mass is 10.0. The summed E-state index contributed by atoms with van der Waals surface area (Å²) >= 11 is 1.28. The quantitative estimate of drug-likeness (QED) is 0.554. The van der Waals surface area contributed by atoms with Crippen LogP contribution in [0.15, 0.2) is 18.3 Å². The zero-order valence-corrected chi connectivity index (χ0v) is 19.7. The van der Waals surface area contributed by atoms with Crippen molar-refractivity contribution >= 4 is 33.3 Å². The fraction of sp³-hybridized carbons (Fsp3) is 0.455. The van der Waals surface area contributed by atoms with Crippen molar-refractivity contribution in [1.82, 2.24) is 20.3 Å². The number of anilines is 1. The molecule has 3 aromatic rings. The number of hydrogen-bond acceptors (Lipinski definition) is 8. The molecule has 182 valence electrons. The molecule has 1 saturated heterocycles. The number of nitrogens with zero attached hydrogens (tertiary/aromatic N) is 4. The number of methoxy groups -OCH3 is 2. The number of nitrogens with one attached hydrogen (secondary N) is 1. The van der Waals surface area contributed by atoms with Crippen molar-refractivity contribution in [2.75, 3.05) is 32.2 Å². The van der Waals surface area contributed by atoms with Gasteiger partial charge in [-0.2, -0.15) is 18.2 Å². The number of carbonyl (C=O) groups excluding carboxylic acids is 1. The summed E-state index contributed by atoms with van der Waals surface area (Å²) in [4.78, 5) is 29.0. The lowest BCUT2D eigenvalue weighted by Gasteiger charge is -2.33. The first kappa shape index (κ1) is 24.1. The van der Waals surface area contributed by atoms with Crippen LogP contribution in [0.4, 0.5) is 19.0 Å². The highest BCUT2D eigenvalue weighted by atomic mass is 32.1. The number of fused-ring (bicyclic) bond motifs is 1. The molecule has 0 aliphatic carbocycles. The van der Waals surface area contributed by atoms with Crippen LogP contribution < -0.4 is 15.0 Å². The highest BCUT2D eigenvalue weighted by Gasteiger charge is 2.31. The SMILES string of the molecule is COCc1nc(OC)c2c(C)c(C(=O)NC3CCN(c4ccc(C(F)(F)F)cn4)CC3)sc2n1. The third kappa shape index (κ3) is 4.92. The van der Waals surface area contributed by atoms with Crippen molar-refractivity contribution in [2.45, 2.75) is 38.6 Å². The molecule has 34 heavy (non-hydrogen) atoms. The lowest BCUT2D eigenvalue weighted by Crippen LogP contribution is -2.44. The van der Waals surface area contributed by atoms with Crippen molar-refractivity contribution in [2.24, 2.45) is 0 Å². The molecule has 1 aliphatic rings. The summed E-state index contributed by atoms with van der Waals surface area (Å²) in [5.74, 6) is 1.18. The molecule has 1 aliphatic heterocycles. The van der Waals surface area contributed by atoms with Crippen molar-refractivity contribution in [3.05, 3.63) is 40.2 Å². The largest absolute Gasteiger partial charge is 0.480 e. The Hall–Kier alpha value is -2.99. The molecule has 12 heteroatoms. The second-order valence-electron chi connectivity index (χ2n) is 7.96. The third-order valence-corrected chi connectivity index (χ3v) is 6.89. The third-order valence-electron chi connectivity index (χ3n) is 5.71. The van der Waals surface area contributed by atoms with Crippen molar-refractivity contribution in [3.63, 3.8) is 0 Å². The van der Waals surface area contributed by atoms with E-state index in [2.05, 4.69) is 20.3 Å². The number of pyridine rings is 1. The molecule has 1 N–H and O–H groups in total. The Labute approximate surface area is 198 Å². The van der Waals surface area contributed by atoms with E-state index < -0.39 is 11.7 Å². The van der Waals surface area contributed by atoms with Crippen LogP contribution in [-0.4, -0.2) is 54.2 Å². The van der Waals surface area contributed by atoms with E-state index in [0.717, 1.165) is 17.8 Å². The zero-order valence-electron chi connectivity index (χ0n) is 18.9. The molecule has 0 aromatic carbocycles. The van der Waals surface area contributed by atoms with Crippen LogP contribution in [0.5, 0.6) is 5.88 Å². The number of ether oxygens (including phenoxy) is 2. The lowest BCUT2D eigenvalue weighted by molar-refractivity contribution is -0.137. The van der Waals surface area contributed by atoms with Gasteiger partial charge in [0.2, 0.25) is 5.88 Å². The summed E-state index contributed by atoms with van der Waals surface area (Å²) in [6.45, 7) is 3.23. The van der Waals surface area contributed by atoms with Crippen molar-refractivity contribution < 1.29 is 27.4 Å². The number of aryl methyl sites for hydroxylation is 1. The summed E-state index contributed by atoms with van der Waals surface area (Å²) < 4.78 is 48.8. The van der Waals surface area contributed by atoms with Gasteiger partial charge in [0.05, 0.1) is 22.9 Å². The number of piperidine rings is 1.